The zero-order valence-electron chi connectivity index (χ0n) is 14.9. The van der Waals surface area contributed by atoms with E-state index in [4.69, 9.17) is 4.42 Å². The van der Waals surface area contributed by atoms with Crippen LogP contribution < -0.4 is 10.9 Å². The molecule has 7 heteroatoms. The van der Waals surface area contributed by atoms with E-state index in [2.05, 4.69) is 0 Å². The Labute approximate surface area is 164 Å². The fourth-order valence-electron chi connectivity index (χ4n) is 3.51. The average Bonchev–Trinajstić information content (AvgIpc) is 2.76. The highest BCUT2D eigenvalue weighted by Crippen LogP contribution is 2.22. The molecule has 6 nitrogen and oxygen atoms in total. The molecule has 0 atom stereocenters. The molecule has 0 unspecified atom stereocenters. The smallest absolute Gasteiger partial charge is 0.269 e. The van der Waals surface area contributed by atoms with Gasteiger partial charge in [-0.05, 0) is 24.3 Å². The Kier molecular flexibility index (Phi) is 3.69. The van der Waals surface area contributed by atoms with Crippen LogP contribution in [0.25, 0.3) is 21.9 Å². The second kappa shape index (κ2) is 6.15. The summed E-state index contributed by atoms with van der Waals surface area (Å²) in [4.78, 5) is 26.4. The molecule has 0 N–H and O–H groups in total. The third-order valence-corrected chi connectivity index (χ3v) is 6.56. The molecule has 1 aliphatic heterocycles. The van der Waals surface area contributed by atoms with Crippen LogP contribution in [0.5, 0.6) is 0 Å². The van der Waals surface area contributed by atoms with Gasteiger partial charge in [-0.3, -0.25) is 9.59 Å². The summed E-state index contributed by atoms with van der Waals surface area (Å²) < 4.78 is 33.7. The summed E-state index contributed by atoms with van der Waals surface area (Å²) in [5, 5.41) is 0.0384. The van der Waals surface area contributed by atoms with Crippen LogP contribution in [0.1, 0.15) is 0 Å². The number of hydrogen-bond donors (Lipinski definition) is 0. The van der Waals surface area contributed by atoms with Gasteiger partial charge in [0.15, 0.2) is 10.9 Å². The normalized spacial score (nSPS) is 12.0. The van der Waals surface area contributed by atoms with E-state index in [-0.39, 0.29) is 37.5 Å². The quantitative estimate of drug-likeness (QED) is 0.452. The zero-order chi connectivity index (χ0) is 20.2. The molecule has 1 aliphatic carbocycles. The summed E-state index contributed by atoms with van der Waals surface area (Å²) in [6.45, 7) is 0. The first kappa shape index (κ1) is 17.4. The molecule has 29 heavy (non-hydrogen) atoms. The lowest BCUT2D eigenvalue weighted by molar-refractivity contribution is 0.545. The van der Waals surface area contributed by atoms with Crippen molar-refractivity contribution in [3.05, 3.63) is 110 Å². The molecule has 3 aromatic carbocycles. The first-order valence-corrected chi connectivity index (χ1v) is 10.2. The predicted molar refractivity (Wildman–Crippen MR) is 109 cm³/mol. The third kappa shape index (κ3) is 2.44. The molecule has 0 saturated carbocycles. The summed E-state index contributed by atoms with van der Waals surface area (Å²) in [5.74, 6) is 0. The SMILES string of the molecule is O=c1c2oc3ccccc3n(S(=O)(=O)c3ccccc3)c=2c(=O)c2ccccc12. The van der Waals surface area contributed by atoms with Gasteiger partial charge in [0, 0.05) is 10.8 Å². The van der Waals surface area contributed by atoms with E-state index in [0.717, 1.165) is 3.97 Å². The van der Waals surface area contributed by atoms with Crippen molar-refractivity contribution < 1.29 is 12.8 Å². The van der Waals surface area contributed by atoms with Crippen molar-refractivity contribution >= 4 is 31.9 Å². The van der Waals surface area contributed by atoms with Crippen LogP contribution in [0.15, 0.2) is 97.8 Å². The number of aromatic nitrogens is 1. The van der Waals surface area contributed by atoms with E-state index < -0.39 is 20.9 Å². The molecule has 142 valence electrons. The molecule has 5 rings (SSSR count). The minimum atomic E-state index is -4.18. The fourth-order valence-corrected chi connectivity index (χ4v) is 5.04. The van der Waals surface area contributed by atoms with Crippen LogP contribution in [-0.4, -0.2) is 12.4 Å². The van der Waals surface area contributed by atoms with Gasteiger partial charge in [-0.15, -0.1) is 0 Å². The van der Waals surface area contributed by atoms with Crippen molar-refractivity contribution in [3.8, 4) is 0 Å². The van der Waals surface area contributed by atoms with E-state index in [1.165, 1.54) is 30.3 Å². The topological polar surface area (TPSA) is 86.3 Å². The summed E-state index contributed by atoms with van der Waals surface area (Å²) in [6, 6.07) is 20.5. The van der Waals surface area contributed by atoms with Crippen molar-refractivity contribution in [3.63, 3.8) is 0 Å². The van der Waals surface area contributed by atoms with E-state index in [1.807, 2.05) is 0 Å². The first-order chi connectivity index (χ1) is 14.0. The molecule has 0 fully saturated rings. The molecule has 0 radical (unpaired) electrons. The van der Waals surface area contributed by atoms with Gasteiger partial charge in [0.2, 0.25) is 16.3 Å². The van der Waals surface area contributed by atoms with Gasteiger partial charge in [-0.1, -0.05) is 54.6 Å². The van der Waals surface area contributed by atoms with Crippen molar-refractivity contribution in [2.75, 3.05) is 0 Å². The number of nitrogens with zero attached hydrogens (tertiary/aromatic N) is 1. The van der Waals surface area contributed by atoms with Gasteiger partial charge >= 0.3 is 0 Å². The number of fused-ring (bicyclic) bond motifs is 2. The molecular formula is C22H13NO5S. The summed E-state index contributed by atoms with van der Waals surface area (Å²) in [5.41, 5.74) is -1.03. The van der Waals surface area contributed by atoms with Gasteiger partial charge in [0.25, 0.3) is 10.0 Å². The maximum absolute atomic E-state index is 13.5. The van der Waals surface area contributed by atoms with Crippen LogP contribution in [-0.2, 0) is 10.0 Å². The summed E-state index contributed by atoms with van der Waals surface area (Å²) in [6.07, 6.45) is 0. The Bertz CT molecular complexity index is 1700. The van der Waals surface area contributed by atoms with Gasteiger partial charge in [0.1, 0.15) is 5.52 Å². The number of hydrogen-bond acceptors (Lipinski definition) is 5. The van der Waals surface area contributed by atoms with E-state index in [0.29, 0.717) is 0 Å². The molecule has 1 heterocycles. The maximum Gasteiger partial charge on any atom is 0.269 e. The third-order valence-electron chi connectivity index (χ3n) is 4.83. The van der Waals surface area contributed by atoms with Gasteiger partial charge < -0.3 is 4.42 Å². The van der Waals surface area contributed by atoms with Gasteiger partial charge in [0.05, 0.1) is 4.90 Å². The van der Waals surface area contributed by atoms with Gasteiger partial charge in [-0.25, -0.2) is 12.4 Å². The molecule has 0 spiro atoms. The minimum absolute atomic E-state index is 0.00246. The Morgan fingerprint density at radius 1 is 0.690 bits per heavy atom. The number of benzene rings is 3. The predicted octanol–water partition coefficient (Wildman–Crippen LogP) is 3.07. The average molecular weight is 403 g/mol. The van der Waals surface area contributed by atoms with E-state index in [9.17, 15) is 18.0 Å². The van der Waals surface area contributed by atoms with Crippen LogP contribution in [0.3, 0.4) is 0 Å². The lowest BCUT2D eigenvalue weighted by atomic mass is 10.1. The summed E-state index contributed by atoms with van der Waals surface area (Å²) >= 11 is 0. The molecule has 3 aromatic rings. The lowest BCUT2D eigenvalue weighted by Gasteiger charge is -2.13. The van der Waals surface area contributed by atoms with Gasteiger partial charge in [-0.2, -0.15) is 0 Å². The van der Waals surface area contributed by atoms with Crippen LogP contribution in [0.4, 0.5) is 0 Å². The molecule has 2 aliphatic rings. The highest BCUT2D eigenvalue weighted by molar-refractivity contribution is 7.90. The minimum Gasteiger partial charge on any atom is -0.449 e. The fraction of sp³-hybridized carbons (Fsp3) is 0. The van der Waals surface area contributed by atoms with Crippen LogP contribution in [0, 0.1) is 10.8 Å². The second-order valence-corrected chi connectivity index (χ2v) is 8.32. The Morgan fingerprint density at radius 3 is 2.00 bits per heavy atom. The highest BCUT2D eigenvalue weighted by Gasteiger charge is 2.24. The lowest BCUT2D eigenvalue weighted by Crippen LogP contribution is -2.25. The van der Waals surface area contributed by atoms with Crippen molar-refractivity contribution in [1.82, 2.24) is 3.97 Å². The zero-order valence-corrected chi connectivity index (χ0v) is 15.7. The van der Waals surface area contributed by atoms with Crippen molar-refractivity contribution in [2.45, 2.75) is 4.90 Å². The molecule has 0 amide bonds. The monoisotopic (exact) mass is 403 g/mol. The molecule has 0 aromatic heterocycles. The van der Waals surface area contributed by atoms with Crippen molar-refractivity contribution in [1.29, 1.82) is 0 Å². The largest absolute Gasteiger partial charge is 0.449 e. The van der Waals surface area contributed by atoms with E-state index in [1.54, 1.807) is 48.5 Å². The Hall–Kier alpha value is -3.71. The Morgan fingerprint density at radius 2 is 1.28 bits per heavy atom. The molecule has 0 bridgehead atoms. The molecule has 0 saturated heterocycles. The standard InChI is InChI=1S/C22H13NO5S/c24-20-15-10-4-5-11-16(15)21(25)22-19(20)23(17-12-6-7-13-18(17)28-22)29(26,27)14-8-2-1-3-9-14/h1-13H. The van der Waals surface area contributed by atoms with E-state index >= 15 is 0 Å². The molecular weight excluding hydrogens is 390 g/mol. The van der Waals surface area contributed by atoms with Crippen LogP contribution in [0.2, 0.25) is 0 Å². The Balaban J connectivity index is 2.16. The number of rotatable bonds is 2. The number of para-hydroxylation sites is 2. The summed E-state index contributed by atoms with van der Waals surface area (Å²) in [7, 11) is -4.18. The first-order valence-electron chi connectivity index (χ1n) is 8.80. The van der Waals surface area contributed by atoms with Crippen LogP contribution >= 0.6 is 0 Å². The second-order valence-electron chi connectivity index (χ2n) is 6.53. The van der Waals surface area contributed by atoms with Crippen molar-refractivity contribution in [2.24, 2.45) is 0 Å². The highest BCUT2D eigenvalue weighted by atomic mass is 32.2. The maximum atomic E-state index is 13.5.